The van der Waals surface area contributed by atoms with Gasteiger partial charge in [0.25, 0.3) is 0 Å². The Bertz CT molecular complexity index is 556. The van der Waals surface area contributed by atoms with Gasteiger partial charge in [-0.05, 0) is 13.0 Å². The average molecular weight is 299 g/mol. The number of rotatable bonds is 5. The molecular weight excluding hydrogens is 278 g/mol. The van der Waals surface area contributed by atoms with E-state index in [1.54, 1.807) is 0 Å². The summed E-state index contributed by atoms with van der Waals surface area (Å²) in [4.78, 5) is 0. The van der Waals surface area contributed by atoms with E-state index in [0.717, 1.165) is 23.5 Å². The fourth-order valence-electron chi connectivity index (χ4n) is 2.19. The molecule has 1 aromatic rings. The first-order valence-electron chi connectivity index (χ1n) is 6.74. The highest BCUT2D eigenvalue weighted by molar-refractivity contribution is 7.90. The standard InChI is InChI=1S/C14H21NO4S/c1-11(10-20(2,16)17)15-9-12-5-3-6-13-14(12)19-8-4-7-18-13/h3,5-6,11,15H,4,7-10H2,1-2H3. The highest BCUT2D eigenvalue weighted by atomic mass is 32.2. The number of nitrogens with one attached hydrogen (secondary N) is 1. The molecule has 5 nitrogen and oxygen atoms in total. The largest absolute Gasteiger partial charge is 0.490 e. The van der Waals surface area contributed by atoms with Crippen LogP contribution in [0.25, 0.3) is 0 Å². The van der Waals surface area contributed by atoms with Crippen LogP contribution in [0.3, 0.4) is 0 Å². The summed E-state index contributed by atoms with van der Waals surface area (Å²) in [5.41, 5.74) is 0.991. The van der Waals surface area contributed by atoms with Crippen molar-refractivity contribution in [3.8, 4) is 11.5 Å². The fraction of sp³-hybridized carbons (Fsp3) is 0.571. The molecule has 1 heterocycles. The van der Waals surface area contributed by atoms with E-state index in [0.29, 0.717) is 19.8 Å². The predicted molar refractivity (Wildman–Crippen MR) is 78.1 cm³/mol. The Morgan fingerprint density at radius 2 is 2.05 bits per heavy atom. The Morgan fingerprint density at radius 1 is 1.30 bits per heavy atom. The Kier molecular flexibility index (Phi) is 4.88. The molecule has 0 fully saturated rings. The molecule has 0 saturated carbocycles. The van der Waals surface area contributed by atoms with E-state index < -0.39 is 9.84 Å². The van der Waals surface area contributed by atoms with Gasteiger partial charge in [0, 0.05) is 30.8 Å². The summed E-state index contributed by atoms with van der Waals surface area (Å²) < 4.78 is 33.9. The molecule has 2 rings (SSSR count). The molecule has 1 atom stereocenters. The summed E-state index contributed by atoms with van der Waals surface area (Å²) in [5, 5.41) is 3.21. The summed E-state index contributed by atoms with van der Waals surface area (Å²) in [6, 6.07) is 5.68. The van der Waals surface area contributed by atoms with Crippen LogP contribution in [0.4, 0.5) is 0 Å². The highest BCUT2D eigenvalue weighted by Gasteiger charge is 2.16. The van der Waals surface area contributed by atoms with Gasteiger partial charge < -0.3 is 14.8 Å². The van der Waals surface area contributed by atoms with Gasteiger partial charge in [-0.25, -0.2) is 8.42 Å². The molecule has 0 aliphatic carbocycles. The van der Waals surface area contributed by atoms with Crippen LogP contribution in [0.2, 0.25) is 0 Å². The number of hydrogen-bond donors (Lipinski definition) is 1. The summed E-state index contributed by atoms with van der Waals surface area (Å²) >= 11 is 0. The topological polar surface area (TPSA) is 64.6 Å². The minimum Gasteiger partial charge on any atom is -0.490 e. The molecule has 0 spiro atoms. The second-order valence-electron chi connectivity index (χ2n) is 5.17. The van der Waals surface area contributed by atoms with Gasteiger partial charge >= 0.3 is 0 Å². The lowest BCUT2D eigenvalue weighted by atomic mass is 10.1. The van der Waals surface area contributed by atoms with E-state index in [1.165, 1.54) is 6.26 Å². The zero-order valence-electron chi connectivity index (χ0n) is 11.9. The smallest absolute Gasteiger partial charge is 0.165 e. The lowest BCUT2D eigenvalue weighted by Gasteiger charge is -2.16. The molecule has 1 aliphatic heterocycles. The SMILES string of the molecule is CC(CS(C)(=O)=O)NCc1cccc2c1OCCCO2. The molecule has 112 valence electrons. The van der Waals surface area contributed by atoms with Crippen LogP contribution in [0.1, 0.15) is 18.9 Å². The molecule has 0 amide bonds. The van der Waals surface area contributed by atoms with E-state index in [2.05, 4.69) is 5.32 Å². The van der Waals surface area contributed by atoms with Crippen LogP contribution in [0.15, 0.2) is 18.2 Å². The molecule has 0 bridgehead atoms. The highest BCUT2D eigenvalue weighted by Crippen LogP contribution is 2.33. The van der Waals surface area contributed by atoms with E-state index in [-0.39, 0.29) is 11.8 Å². The number of hydrogen-bond acceptors (Lipinski definition) is 5. The Labute approximate surface area is 120 Å². The normalized spacial score (nSPS) is 16.5. The van der Waals surface area contributed by atoms with Crippen molar-refractivity contribution in [2.24, 2.45) is 0 Å². The van der Waals surface area contributed by atoms with Gasteiger partial charge in [0.05, 0.1) is 19.0 Å². The zero-order chi connectivity index (χ0) is 14.6. The lowest BCUT2D eigenvalue weighted by Crippen LogP contribution is -2.32. The minimum atomic E-state index is -2.97. The van der Waals surface area contributed by atoms with E-state index >= 15 is 0 Å². The molecule has 0 aromatic heterocycles. The molecule has 1 aliphatic rings. The lowest BCUT2D eigenvalue weighted by molar-refractivity contribution is 0.296. The third kappa shape index (κ3) is 4.38. The minimum absolute atomic E-state index is 0.104. The van der Waals surface area contributed by atoms with Gasteiger partial charge in [-0.15, -0.1) is 0 Å². The fourth-order valence-corrected chi connectivity index (χ4v) is 3.22. The molecular formula is C14H21NO4S. The van der Waals surface area contributed by atoms with Crippen molar-refractivity contribution >= 4 is 9.84 Å². The van der Waals surface area contributed by atoms with Gasteiger partial charge in [-0.2, -0.15) is 0 Å². The Morgan fingerprint density at radius 3 is 2.80 bits per heavy atom. The number of sulfone groups is 1. The zero-order valence-corrected chi connectivity index (χ0v) is 12.7. The maximum atomic E-state index is 11.2. The van der Waals surface area contributed by atoms with Crippen molar-refractivity contribution in [2.45, 2.75) is 25.9 Å². The first-order valence-corrected chi connectivity index (χ1v) is 8.80. The molecule has 1 N–H and O–H groups in total. The van der Waals surface area contributed by atoms with Crippen LogP contribution in [-0.4, -0.2) is 39.7 Å². The van der Waals surface area contributed by atoms with Gasteiger partial charge in [0.15, 0.2) is 11.5 Å². The average Bonchev–Trinajstić information content (AvgIpc) is 2.59. The van der Waals surface area contributed by atoms with Crippen LogP contribution < -0.4 is 14.8 Å². The second kappa shape index (κ2) is 6.45. The van der Waals surface area contributed by atoms with E-state index in [9.17, 15) is 8.42 Å². The third-order valence-corrected chi connectivity index (χ3v) is 4.15. The van der Waals surface area contributed by atoms with Crippen molar-refractivity contribution < 1.29 is 17.9 Å². The molecule has 1 unspecified atom stereocenters. The van der Waals surface area contributed by atoms with Crippen molar-refractivity contribution in [1.29, 1.82) is 0 Å². The number of para-hydroxylation sites is 1. The maximum absolute atomic E-state index is 11.2. The molecule has 0 saturated heterocycles. The van der Waals surface area contributed by atoms with Gasteiger partial charge in [-0.1, -0.05) is 12.1 Å². The number of benzene rings is 1. The predicted octanol–water partition coefficient (Wildman–Crippen LogP) is 1.37. The van der Waals surface area contributed by atoms with E-state index in [4.69, 9.17) is 9.47 Å². The van der Waals surface area contributed by atoms with Crippen LogP contribution in [0.5, 0.6) is 11.5 Å². The summed E-state index contributed by atoms with van der Waals surface area (Å²) in [6.45, 7) is 3.72. The summed E-state index contributed by atoms with van der Waals surface area (Å²) in [6.07, 6.45) is 2.11. The third-order valence-electron chi connectivity index (χ3n) is 3.05. The van der Waals surface area contributed by atoms with Crippen LogP contribution >= 0.6 is 0 Å². The van der Waals surface area contributed by atoms with Crippen LogP contribution in [0, 0.1) is 0 Å². The van der Waals surface area contributed by atoms with Crippen molar-refractivity contribution in [3.63, 3.8) is 0 Å². The Balaban J connectivity index is 2.03. The first-order chi connectivity index (χ1) is 9.46. The molecule has 6 heteroatoms. The van der Waals surface area contributed by atoms with E-state index in [1.807, 2.05) is 25.1 Å². The van der Waals surface area contributed by atoms with Gasteiger partial charge in [-0.3, -0.25) is 0 Å². The van der Waals surface area contributed by atoms with Gasteiger partial charge in [0.2, 0.25) is 0 Å². The molecule has 0 radical (unpaired) electrons. The second-order valence-corrected chi connectivity index (χ2v) is 7.35. The van der Waals surface area contributed by atoms with Crippen molar-refractivity contribution in [2.75, 3.05) is 25.2 Å². The Hall–Kier alpha value is -1.27. The van der Waals surface area contributed by atoms with Gasteiger partial charge in [0.1, 0.15) is 9.84 Å². The quantitative estimate of drug-likeness (QED) is 0.889. The molecule has 20 heavy (non-hydrogen) atoms. The van der Waals surface area contributed by atoms with Crippen molar-refractivity contribution in [3.05, 3.63) is 23.8 Å². The summed E-state index contributed by atoms with van der Waals surface area (Å²) in [5.74, 6) is 1.65. The number of ether oxygens (including phenoxy) is 2. The maximum Gasteiger partial charge on any atom is 0.165 e. The summed E-state index contributed by atoms with van der Waals surface area (Å²) in [7, 11) is -2.97. The molecule has 1 aromatic carbocycles. The number of fused-ring (bicyclic) bond motifs is 1. The first kappa shape index (κ1) is 15.1. The monoisotopic (exact) mass is 299 g/mol. The van der Waals surface area contributed by atoms with Crippen molar-refractivity contribution in [1.82, 2.24) is 5.32 Å². The van der Waals surface area contributed by atoms with Crippen LogP contribution in [-0.2, 0) is 16.4 Å².